The number of carbonyl (C=O) groups excluding carboxylic acids is 1. The highest BCUT2D eigenvalue weighted by atomic mass is 16.4. The molecule has 19 heavy (non-hydrogen) atoms. The summed E-state index contributed by atoms with van der Waals surface area (Å²) in [6.45, 7) is 6.28. The maximum atomic E-state index is 11.6. The molecule has 5 nitrogen and oxygen atoms in total. The van der Waals surface area contributed by atoms with Gasteiger partial charge in [-0.15, -0.1) is 0 Å². The fraction of sp³-hybridized carbons (Fsp3) is 0.857. The van der Waals surface area contributed by atoms with Crippen molar-refractivity contribution >= 4 is 12.0 Å². The lowest BCUT2D eigenvalue weighted by Crippen LogP contribution is -2.44. The van der Waals surface area contributed by atoms with Gasteiger partial charge >= 0.3 is 12.0 Å². The van der Waals surface area contributed by atoms with Crippen LogP contribution in [-0.4, -0.2) is 30.2 Å². The first-order valence-corrected chi connectivity index (χ1v) is 7.06. The second kappa shape index (κ2) is 6.78. The van der Waals surface area contributed by atoms with Crippen molar-refractivity contribution in [1.29, 1.82) is 0 Å². The Labute approximate surface area is 115 Å². The molecule has 0 saturated heterocycles. The van der Waals surface area contributed by atoms with E-state index in [1.165, 1.54) is 25.7 Å². The molecule has 110 valence electrons. The van der Waals surface area contributed by atoms with E-state index in [9.17, 15) is 9.59 Å². The number of carboxylic acids is 1. The average Bonchev–Trinajstić information content (AvgIpc) is 2.35. The Hall–Kier alpha value is -1.26. The summed E-state index contributed by atoms with van der Waals surface area (Å²) in [6, 6.07) is -0.270. The highest BCUT2D eigenvalue weighted by Crippen LogP contribution is 2.27. The molecule has 0 spiro atoms. The molecule has 0 aromatic carbocycles. The van der Waals surface area contributed by atoms with Crippen LogP contribution in [0, 0.1) is 17.3 Å². The molecule has 0 aliphatic heterocycles. The lowest BCUT2D eigenvalue weighted by Gasteiger charge is -2.26. The summed E-state index contributed by atoms with van der Waals surface area (Å²) in [5, 5.41) is 14.4. The Morgan fingerprint density at radius 1 is 1.16 bits per heavy atom. The predicted molar refractivity (Wildman–Crippen MR) is 73.9 cm³/mol. The van der Waals surface area contributed by atoms with Crippen LogP contribution in [0.2, 0.25) is 0 Å². The Morgan fingerprint density at radius 3 is 2.26 bits per heavy atom. The molecule has 0 aromatic rings. The summed E-state index contributed by atoms with van der Waals surface area (Å²) in [6.07, 6.45) is 4.81. The molecule has 0 radical (unpaired) electrons. The Balaban J connectivity index is 2.20. The van der Waals surface area contributed by atoms with Crippen LogP contribution in [0.5, 0.6) is 0 Å². The molecule has 1 rings (SSSR count). The number of urea groups is 1. The lowest BCUT2D eigenvalue weighted by molar-refractivity contribution is -0.146. The molecule has 0 atom stereocenters. The largest absolute Gasteiger partial charge is 0.481 e. The summed E-state index contributed by atoms with van der Waals surface area (Å²) in [5.41, 5.74) is -0.933. The number of amides is 2. The molecule has 3 N–H and O–H groups in total. The van der Waals surface area contributed by atoms with E-state index in [1.807, 2.05) is 0 Å². The first-order valence-electron chi connectivity index (χ1n) is 7.06. The van der Waals surface area contributed by atoms with Crippen molar-refractivity contribution in [2.45, 2.75) is 46.5 Å². The standard InChI is InChI=1S/C14H26N2O3/c1-10-4-6-11(7-5-10)8-15-13(19)16-9-14(2,3)12(17)18/h10-11H,4-9H2,1-3H3,(H,17,18)(H2,15,16,19). The Kier molecular flexibility index (Phi) is 5.63. The molecule has 0 unspecified atom stereocenters. The summed E-state index contributed by atoms with van der Waals surface area (Å²) >= 11 is 0. The van der Waals surface area contributed by atoms with E-state index in [2.05, 4.69) is 17.6 Å². The van der Waals surface area contributed by atoms with Crippen molar-refractivity contribution in [1.82, 2.24) is 10.6 Å². The third-order valence-electron chi connectivity index (χ3n) is 3.96. The minimum atomic E-state index is -0.933. The summed E-state index contributed by atoms with van der Waals surface area (Å²) < 4.78 is 0. The monoisotopic (exact) mass is 270 g/mol. The van der Waals surface area contributed by atoms with E-state index in [-0.39, 0.29) is 12.6 Å². The van der Waals surface area contributed by atoms with E-state index in [0.29, 0.717) is 12.5 Å². The number of carboxylic acid groups (broad SMARTS) is 1. The first-order chi connectivity index (χ1) is 8.81. The molecule has 1 aliphatic carbocycles. The van der Waals surface area contributed by atoms with E-state index >= 15 is 0 Å². The van der Waals surface area contributed by atoms with E-state index in [4.69, 9.17) is 5.11 Å². The van der Waals surface area contributed by atoms with Crippen molar-refractivity contribution in [2.24, 2.45) is 17.3 Å². The van der Waals surface area contributed by atoms with Gasteiger partial charge in [0.2, 0.25) is 0 Å². The highest BCUT2D eigenvalue weighted by Gasteiger charge is 2.27. The van der Waals surface area contributed by atoms with Gasteiger partial charge in [0.1, 0.15) is 0 Å². The van der Waals surface area contributed by atoms with Crippen LogP contribution in [0.3, 0.4) is 0 Å². The van der Waals surface area contributed by atoms with Crippen LogP contribution in [0.15, 0.2) is 0 Å². The predicted octanol–water partition coefficient (Wildman–Crippen LogP) is 2.22. The summed E-state index contributed by atoms with van der Waals surface area (Å²) in [5.74, 6) is 0.463. The zero-order valence-corrected chi connectivity index (χ0v) is 12.2. The highest BCUT2D eigenvalue weighted by molar-refractivity contribution is 5.77. The van der Waals surface area contributed by atoms with Gasteiger partial charge in [-0.2, -0.15) is 0 Å². The molecule has 1 aliphatic rings. The van der Waals surface area contributed by atoms with Crippen molar-refractivity contribution in [3.05, 3.63) is 0 Å². The Bertz CT molecular complexity index is 321. The second-order valence-corrected chi connectivity index (χ2v) is 6.38. The number of rotatable bonds is 5. The van der Waals surface area contributed by atoms with Crippen LogP contribution in [0.4, 0.5) is 4.79 Å². The van der Waals surface area contributed by atoms with Crippen LogP contribution >= 0.6 is 0 Å². The van der Waals surface area contributed by atoms with Gasteiger partial charge in [0.25, 0.3) is 0 Å². The SMILES string of the molecule is CC1CCC(CNC(=O)NCC(C)(C)C(=O)O)CC1. The molecule has 0 bridgehead atoms. The number of carbonyl (C=O) groups is 2. The number of hydrogen-bond acceptors (Lipinski definition) is 2. The topological polar surface area (TPSA) is 78.4 Å². The van der Waals surface area contributed by atoms with E-state index in [1.54, 1.807) is 13.8 Å². The van der Waals surface area contributed by atoms with Crippen molar-refractivity contribution in [3.8, 4) is 0 Å². The number of hydrogen-bond donors (Lipinski definition) is 3. The normalized spacial score (nSPS) is 23.7. The van der Waals surface area contributed by atoms with Gasteiger partial charge < -0.3 is 15.7 Å². The van der Waals surface area contributed by atoms with Crippen LogP contribution in [0.25, 0.3) is 0 Å². The summed E-state index contributed by atoms with van der Waals surface area (Å²) in [4.78, 5) is 22.5. The average molecular weight is 270 g/mol. The second-order valence-electron chi connectivity index (χ2n) is 6.38. The minimum Gasteiger partial charge on any atom is -0.481 e. The van der Waals surface area contributed by atoms with Gasteiger partial charge in [0, 0.05) is 13.1 Å². The molecule has 1 fully saturated rings. The van der Waals surface area contributed by atoms with Gasteiger partial charge in [-0.05, 0) is 38.5 Å². The lowest BCUT2D eigenvalue weighted by atomic mass is 9.83. The van der Waals surface area contributed by atoms with Gasteiger partial charge in [-0.25, -0.2) is 4.79 Å². The fourth-order valence-corrected chi connectivity index (χ4v) is 2.21. The molecule has 0 aromatic heterocycles. The van der Waals surface area contributed by atoms with Gasteiger partial charge in [0.05, 0.1) is 5.41 Å². The first kappa shape index (κ1) is 15.8. The maximum Gasteiger partial charge on any atom is 0.314 e. The summed E-state index contributed by atoms with van der Waals surface area (Å²) in [7, 11) is 0. The zero-order chi connectivity index (χ0) is 14.5. The van der Waals surface area contributed by atoms with Crippen LogP contribution in [-0.2, 0) is 4.79 Å². The number of aliphatic carboxylic acids is 1. The molecular formula is C14H26N2O3. The molecular weight excluding hydrogens is 244 g/mol. The minimum absolute atomic E-state index is 0.135. The van der Waals surface area contributed by atoms with E-state index in [0.717, 1.165) is 5.92 Å². The van der Waals surface area contributed by atoms with E-state index < -0.39 is 11.4 Å². The van der Waals surface area contributed by atoms with Gasteiger partial charge in [-0.3, -0.25) is 4.79 Å². The quantitative estimate of drug-likeness (QED) is 0.716. The third kappa shape index (κ3) is 5.49. The smallest absolute Gasteiger partial charge is 0.314 e. The molecule has 5 heteroatoms. The maximum absolute atomic E-state index is 11.6. The molecule has 2 amide bonds. The fourth-order valence-electron chi connectivity index (χ4n) is 2.21. The third-order valence-corrected chi connectivity index (χ3v) is 3.96. The van der Waals surface area contributed by atoms with Gasteiger partial charge in [0.15, 0.2) is 0 Å². The van der Waals surface area contributed by atoms with Crippen molar-refractivity contribution in [3.63, 3.8) is 0 Å². The van der Waals surface area contributed by atoms with Crippen LogP contribution < -0.4 is 10.6 Å². The van der Waals surface area contributed by atoms with Crippen LogP contribution in [0.1, 0.15) is 46.5 Å². The zero-order valence-electron chi connectivity index (χ0n) is 12.2. The van der Waals surface area contributed by atoms with Gasteiger partial charge in [-0.1, -0.05) is 19.8 Å². The molecule has 1 saturated carbocycles. The Morgan fingerprint density at radius 2 is 1.74 bits per heavy atom. The van der Waals surface area contributed by atoms with Crippen molar-refractivity contribution in [2.75, 3.05) is 13.1 Å². The molecule has 0 heterocycles. The van der Waals surface area contributed by atoms with Crippen molar-refractivity contribution < 1.29 is 14.7 Å². The number of nitrogens with one attached hydrogen (secondary N) is 2.